The maximum Gasteiger partial charge on any atom is 0.320 e. The van der Waals surface area contributed by atoms with Crippen LogP contribution >= 0.6 is 0 Å². The Kier molecular flexibility index (Phi) is 6.86. The van der Waals surface area contributed by atoms with E-state index in [0.29, 0.717) is 25.8 Å². The number of ether oxygens (including phenoxy) is 3. The highest BCUT2D eigenvalue weighted by Gasteiger charge is 2.24. The summed E-state index contributed by atoms with van der Waals surface area (Å²) in [6.07, 6.45) is 3.53. The molecule has 0 amide bonds. The standard InChI is InChI=1S/C13H25NO3/c1-4-15-12(11-9-7-8-10-14-11)13(16-5-2)17-6-3/h11,14H,4-10H2,1-3H3. The lowest BCUT2D eigenvalue weighted by Crippen LogP contribution is -2.37. The number of hydrogen-bond donors (Lipinski definition) is 1. The first-order valence-electron chi connectivity index (χ1n) is 6.69. The van der Waals surface area contributed by atoms with Crippen molar-refractivity contribution in [2.75, 3.05) is 26.4 Å². The number of rotatable bonds is 7. The van der Waals surface area contributed by atoms with Crippen molar-refractivity contribution >= 4 is 0 Å². The summed E-state index contributed by atoms with van der Waals surface area (Å²) in [6, 6.07) is 0.233. The zero-order valence-electron chi connectivity index (χ0n) is 11.3. The van der Waals surface area contributed by atoms with E-state index in [4.69, 9.17) is 14.2 Å². The quantitative estimate of drug-likeness (QED) is 0.697. The molecule has 1 fully saturated rings. The fourth-order valence-corrected chi connectivity index (χ4v) is 1.98. The molecule has 17 heavy (non-hydrogen) atoms. The molecule has 0 bridgehead atoms. The van der Waals surface area contributed by atoms with E-state index in [-0.39, 0.29) is 6.04 Å². The van der Waals surface area contributed by atoms with Gasteiger partial charge in [0.15, 0.2) is 5.76 Å². The SMILES string of the molecule is CCOC(OCC)=C(OCC)C1CCCCN1. The Balaban J connectivity index is 2.79. The summed E-state index contributed by atoms with van der Waals surface area (Å²) >= 11 is 0. The average molecular weight is 243 g/mol. The fraction of sp³-hybridized carbons (Fsp3) is 0.846. The largest absolute Gasteiger partial charge is 0.489 e. The van der Waals surface area contributed by atoms with Gasteiger partial charge in [-0.15, -0.1) is 0 Å². The number of piperidine rings is 1. The third-order valence-electron chi connectivity index (χ3n) is 2.68. The van der Waals surface area contributed by atoms with Crippen molar-refractivity contribution in [2.45, 2.75) is 46.1 Å². The van der Waals surface area contributed by atoms with E-state index in [1.807, 2.05) is 20.8 Å². The van der Waals surface area contributed by atoms with Gasteiger partial charge in [0.05, 0.1) is 25.9 Å². The zero-order chi connectivity index (χ0) is 12.5. The van der Waals surface area contributed by atoms with Crippen molar-refractivity contribution < 1.29 is 14.2 Å². The molecule has 1 aliphatic heterocycles. The van der Waals surface area contributed by atoms with Crippen LogP contribution in [-0.4, -0.2) is 32.4 Å². The van der Waals surface area contributed by atoms with Crippen LogP contribution in [0, 0.1) is 0 Å². The Morgan fingerprint density at radius 2 is 1.65 bits per heavy atom. The normalized spacial score (nSPS) is 19.6. The van der Waals surface area contributed by atoms with E-state index in [0.717, 1.165) is 18.7 Å². The van der Waals surface area contributed by atoms with Gasteiger partial charge in [-0.25, -0.2) is 0 Å². The summed E-state index contributed by atoms with van der Waals surface area (Å²) < 4.78 is 16.8. The van der Waals surface area contributed by atoms with Crippen LogP contribution in [0.4, 0.5) is 0 Å². The molecule has 0 aliphatic carbocycles. The molecule has 1 rings (SSSR count). The molecule has 0 aromatic carbocycles. The van der Waals surface area contributed by atoms with Crippen LogP contribution in [0.5, 0.6) is 0 Å². The zero-order valence-corrected chi connectivity index (χ0v) is 11.3. The van der Waals surface area contributed by atoms with Gasteiger partial charge in [-0.05, 0) is 40.2 Å². The first-order chi connectivity index (χ1) is 8.33. The molecular formula is C13H25NO3. The van der Waals surface area contributed by atoms with E-state index in [9.17, 15) is 0 Å². The summed E-state index contributed by atoms with van der Waals surface area (Å²) in [5.74, 6) is 1.38. The molecule has 100 valence electrons. The second-order valence-electron chi connectivity index (χ2n) is 3.95. The summed E-state index contributed by atoms with van der Waals surface area (Å²) in [7, 11) is 0. The van der Waals surface area contributed by atoms with Crippen molar-refractivity contribution in [3.8, 4) is 0 Å². The van der Waals surface area contributed by atoms with Crippen molar-refractivity contribution in [2.24, 2.45) is 0 Å². The molecular weight excluding hydrogens is 218 g/mol. The van der Waals surface area contributed by atoms with Crippen LogP contribution in [0.1, 0.15) is 40.0 Å². The predicted octanol–water partition coefficient (Wildman–Crippen LogP) is 2.41. The Bertz CT molecular complexity index is 227. The molecule has 0 radical (unpaired) electrons. The van der Waals surface area contributed by atoms with Crippen LogP contribution < -0.4 is 5.32 Å². The molecule has 0 saturated carbocycles. The summed E-state index contributed by atoms with van der Waals surface area (Å²) in [6.45, 7) is 8.76. The summed E-state index contributed by atoms with van der Waals surface area (Å²) in [5.41, 5.74) is 0. The molecule has 4 heteroatoms. The van der Waals surface area contributed by atoms with E-state index >= 15 is 0 Å². The molecule has 1 N–H and O–H groups in total. The van der Waals surface area contributed by atoms with Crippen LogP contribution in [0.25, 0.3) is 0 Å². The van der Waals surface area contributed by atoms with Crippen LogP contribution in [0.3, 0.4) is 0 Å². The Morgan fingerprint density at radius 3 is 2.12 bits per heavy atom. The lowest BCUT2D eigenvalue weighted by Gasteiger charge is -2.27. The Hall–Kier alpha value is -0.900. The number of nitrogens with one attached hydrogen (secondary N) is 1. The highest BCUT2D eigenvalue weighted by Crippen LogP contribution is 2.20. The number of hydrogen-bond acceptors (Lipinski definition) is 4. The third-order valence-corrected chi connectivity index (χ3v) is 2.68. The average Bonchev–Trinajstić information content (AvgIpc) is 2.37. The van der Waals surface area contributed by atoms with Crippen molar-refractivity contribution in [1.29, 1.82) is 0 Å². The Labute approximate surface area is 104 Å². The third kappa shape index (κ3) is 4.46. The molecule has 1 aliphatic rings. The second kappa shape index (κ2) is 8.23. The molecule has 0 aromatic heterocycles. The van der Waals surface area contributed by atoms with Gasteiger partial charge < -0.3 is 19.5 Å². The van der Waals surface area contributed by atoms with Crippen LogP contribution in [0.2, 0.25) is 0 Å². The lowest BCUT2D eigenvalue weighted by molar-refractivity contribution is 0.0159. The monoisotopic (exact) mass is 243 g/mol. The minimum atomic E-state index is 0.233. The first kappa shape index (κ1) is 14.2. The molecule has 0 aromatic rings. The van der Waals surface area contributed by atoms with Gasteiger partial charge in [0.1, 0.15) is 0 Å². The van der Waals surface area contributed by atoms with Gasteiger partial charge in [-0.3, -0.25) is 0 Å². The lowest BCUT2D eigenvalue weighted by atomic mass is 10.0. The van der Waals surface area contributed by atoms with Gasteiger partial charge in [0, 0.05) is 0 Å². The minimum Gasteiger partial charge on any atom is -0.489 e. The van der Waals surface area contributed by atoms with E-state index in [1.165, 1.54) is 12.8 Å². The van der Waals surface area contributed by atoms with E-state index in [1.54, 1.807) is 0 Å². The molecule has 4 nitrogen and oxygen atoms in total. The van der Waals surface area contributed by atoms with Gasteiger partial charge in [-0.2, -0.15) is 0 Å². The maximum absolute atomic E-state index is 5.72. The molecule has 1 heterocycles. The summed E-state index contributed by atoms with van der Waals surface area (Å²) in [5, 5.41) is 3.46. The highest BCUT2D eigenvalue weighted by atomic mass is 16.7. The van der Waals surface area contributed by atoms with Crippen LogP contribution in [-0.2, 0) is 14.2 Å². The van der Waals surface area contributed by atoms with Crippen LogP contribution in [0.15, 0.2) is 11.7 Å². The Morgan fingerprint density at radius 1 is 1.00 bits per heavy atom. The van der Waals surface area contributed by atoms with Gasteiger partial charge in [0.25, 0.3) is 0 Å². The predicted molar refractivity (Wildman–Crippen MR) is 67.5 cm³/mol. The molecule has 0 spiro atoms. The topological polar surface area (TPSA) is 39.7 Å². The van der Waals surface area contributed by atoms with Crippen molar-refractivity contribution in [3.63, 3.8) is 0 Å². The van der Waals surface area contributed by atoms with E-state index < -0.39 is 0 Å². The molecule has 1 unspecified atom stereocenters. The van der Waals surface area contributed by atoms with Crippen molar-refractivity contribution in [1.82, 2.24) is 5.32 Å². The smallest absolute Gasteiger partial charge is 0.320 e. The van der Waals surface area contributed by atoms with Gasteiger partial charge in [0.2, 0.25) is 0 Å². The molecule has 1 saturated heterocycles. The van der Waals surface area contributed by atoms with Gasteiger partial charge >= 0.3 is 5.95 Å². The second-order valence-corrected chi connectivity index (χ2v) is 3.95. The first-order valence-corrected chi connectivity index (χ1v) is 6.69. The fourth-order valence-electron chi connectivity index (χ4n) is 1.98. The maximum atomic E-state index is 5.72. The minimum absolute atomic E-state index is 0.233. The van der Waals surface area contributed by atoms with E-state index in [2.05, 4.69) is 5.32 Å². The van der Waals surface area contributed by atoms with Gasteiger partial charge in [-0.1, -0.05) is 6.42 Å². The van der Waals surface area contributed by atoms with Crippen molar-refractivity contribution in [3.05, 3.63) is 11.7 Å². The summed E-state index contributed by atoms with van der Waals surface area (Å²) in [4.78, 5) is 0. The highest BCUT2D eigenvalue weighted by molar-refractivity contribution is 5.06. The molecule has 1 atom stereocenters.